The summed E-state index contributed by atoms with van der Waals surface area (Å²) in [5.41, 5.74) is 7.86. The minimum absolute atomic E-state index is 0.0229. The predicted octanol–water partition coefficient (Wildman–Crippen LogP) is 11.5. The number of benzene rings is 2. The van der Waals surface area contributed by atoms with Gasteiger partial charge in [0.05, 0.1) is 11.4 Å². The number of aliphatic imine (C=N–C) groups is 2. The summed E-state index contributed by atoms with van der Waals surface area (Å²) in [4.78, 5) is 12.2. The van der Waals surface area contributed by atoms with Crippen molar-refractivity contribution >= 4 is 46.5 Å². The molecule has 0 saturated heterocycles. The van der Waals surface area contributed by atoms with Crippen LogP contribution in [0.5, 0.6) is 0 Å². The van der Waals surface area contributed by atoms with Gasteiger partial charge < -0.3 is 0 Å². The summed E-state index contributed by atoms with van der Waals surface area (Å²) in [6.45, 7) is 4.60. The molecular formula is C35H40N2S2. The zero-order valence-electron chi connectivity index (χ0n) is 23.4. The third-order valence-electron chi connectivity index (χ3n) is 8.01. The highest BCUT2D eigenvalue weighted by Crippen LogP contribution is 2.55. The monoisotopic (exact) mass is 552 g/mol. The SMILES string of the molecule is CCCCCCC1(CCCCCC)c2cc(N=Cc3cccs3)ccc2-c2ccc(N=Cc3cccs3)cc21. The molecule has 202 valence electrons. The van der Waals surface area contributed by atoms with E-state index < -0.39 is 0 Å². The van der Waals surface area contributed by atoms with Crippen LogP contribution >= 0.6 is 22.7 Å². The molecule has 0 spiro atoms. The minimum Gasteiger partial charge on any atom is -0.255 e. The molecule has 0 unspecified atom stereocenters. The molecule has 39 heavy (non-hydrogen) atoms. The number of unbranched alkanes of at least 4 members (excludes halogenated alkanes) is 6. The van der Waals surface area contributed by atoms with E-state index in [1.807, 2.05) is 12.4 Å². The number of hydrogen-bond acceptors (Lipinski definition) is 4. The number of nitrogens with zero attached hydrogens (tertiary/aromatic N) is 2. The molecule has 0 N–H and O–H groups in total. The van der Waals surface area contributed by atoms with Crippen molar-refractivity contribution in [1.82, 2.24) is 0 Å². The lowest BCUT2D eigenvalue weighted by Crippen LogP contribution is -2.25. The van der Waals surface area contributed by atoms with E-state index in [0.29, 0.717) is 0 Å². The van der Waals surface area contributed by atoms with Gasteiger partial charge in [-0.25, -0.2) is 0 Å². The normalized spacial score (nSPS) is 13.9. The van der Waals surface area contributed by atoms with Crippen molar-refractivity contribution in [2.24, 2.45) is 9.98 Å². The van der Waals surface area contributed by atoms with Crippen LogP contribution in [0.1, 0.15) is 98.9 Å². The van der Waals surface area contributed by atoms with Gasteiger partial charge in [0.2, 0.25) is 0 Å². The van der Waals surface area contributed by atoms with Gasteiger partial charge in [-0.15, -0.1) is 22.7 Å². The Kier molecular flexibility index (Phi) is 9.60. The molecule has 5 rings (SSSR count). The Morgan fingerprint density at radius 1 is 0.615 bits per heavy atom. The zero-order valence-corrected chi connectivity index (χ0v) is 25.0. The Labute approximate surface area is 242 Å². The molecule has 4 aromatic rings. The Bertz CT molecular complexity index is 1270. The van der Waals surface area contributed by atoms with E-state index in [0.717, 1.165) is 11.4 Å². The molecule has 1 aliphatic rings. The third-order valence-corrected chi connectivity index (χ3v) is 9.62. The summed E-state index contributed by atoms with van der Waals surface area (Å²) in [5.74, 6) is 0. The smallest absolute Gasteiger partial charge is 0.0633 e. The molecule has 0 atom stereocenters. The summed E-state index contributed by atoms with van der Waals surface area (Å²) in [7, 11) is 0. The second-order valence-corrected chi connectivity index (χ2v) is 12.7. The van der Waals surface area contributed by atoms with Gasteiger partial charge in [-0.05, 0) is 82.3 Å². The summed E-state index contributed by atoms with van der Waals surface area (Å²) < 4.78 is 0. The zero-order chi connectivity index (χ0) is 26.9. The third kappa shape index (κ3) is 6.50. The van der Waals surface area contributed by atoms with Crippen molar-refractivity contribution in [2.75, 3.05) is 0 Å². The lowest BCUT2D eigenvalue weighted by atomic mass is 9.70. The fourth-order valence-corrected chi connectivity index (χ4v) is 7.18. The highest BCUT2D eigenvalue weighted by atomic mass is 32.1. The summed E-state index contributed by atoms with van der Waals surface area (Å²) in [5, 5.41) is 4.22. The van der Waals surface area contributed by atoms with Gasteiger partial charge in [0.25, 0.3) is 0 Å². The van der Waals surface area contributed by atoms with Crippen LogP contribution in [-0.4, -0.2) is 12.4 Å². The molecule has 2 nitrogen and oxygen atoms in total. The Hall–Kier alpha value is -2.82. The van der Waals surface area contributed by atoms with E-state index in [9.17, 15) is 0 Å². The van der Waals surface area contributed by atoms with Crippen molar-refractivity contribution in [3.05, 3.63) is 92.3 Å². The van der Waals surface area contributed by atoms with E-state index in [1.165, 1.54) is 96.2 Å². The maximum Gasteiger partial charge on any atom is 0.0633 e. The lowest BCUT2D eigenvalue weighted by molar-refractivity contribution is 0.401. The van der Waals surface area contributed by atoms with Gasteiger partial charge in [-0.1, -0.05) is 89.5 Å². The first kappa shape index (κ1) is 27.7. The maximum atomic E-state index is 4.91. The van der Waals surface area contributed by atoms with Crippen molar-refractivity contribution in [2.45, 2.75) is 83.5 Å². The minimum atomic E-state index is 0.0229. The first-order valence-corrected chi connectivity index (χ1v) is 16.4. The van der Waals surface area contributed by atoms with Gasteiger partial charge in [-0.2, -0.15) is 0 Å². The van der Waals surface area contributed by atoms with Crippen molar-refractivity contribution < 1.29 is 0 Å². The average Bonchev–Trinajstić information content (AvgIpc) is 3.73. The van der Waals surface area contributed by atoms with Gasteiger partial charge in [0, 0.05) is 27.6 Å². The Balaban J connectivity index is 1.56. The van der Waals surface area contributed by atoms with Crippen LogP contribution in [0.15, 0.2) is 81.4 Å². The number of fused-ring (bicyclic) bond motifs is 3. The molecular weight excluding hydrogens is 513 g/mol. The van der Waals surface area contributed by atoms with Crippen LogP contribution in [-0.2, 0) is 5.41 Å². The molecule has 0 fully saturated rings. The molecule has 4 heteroatoms. The molecule has 2 aromatic carbocycles. The van der Waals surface area contributed by atoms with Gasteiger partial charge in [0.1, 0.15) is 0 Å². The largest absolute Gasteiger partial charge is 0.255 e. The van der Waals surface area contributed by atoms with Crippen LogP contribution in [0.2, 0.25) is 0 Å². The highest BCUT2D eigenvalue weighted by Gasteiger charge is 2.42. The number of thiophene rings is 2. The van der Waals surface area contributed by atoms with E-state index >= 15 is 0 Å². The molecule has 0 radical (unpaired) electrons. The molecule has 0 saturated carbocycles. The van der Waals surface area contributed by atoms with Crippen molar-refractivity contribution in [1.29, 1.82) is 0 Å². The Morgan fingerprint density at radius 2 is 1.10 bits per heavy atom. The van der Waals surface area contributed by atoms with E-state index in [1.54, 1.807) is 22.7 Å². The summed E-state index contributed by atoms with van der Waals surface area (Å²) in [6, 6.07) is 22.3. The van der Waals surface area contributed by atoms with Crippen molar-refractivity contribution in [3.8, 4) is 11.1 Å². The standard InChI is InChI=1S/C35H40N2S2/c1-3-5-7-9-19-35(20-10-8-6-4-2)33-23-27(36-25-29-13-11-21-38-29)15-17-31(33)32-18-16-28(24-34(32)35)37-26-30-14-12-22-39-30/h11-18,21-26H,3-10,19-20H2,1-2H3. The maximum absolute atomic E-state index is 4.91. The van der Waals surface area contributed by atoms with Crippen molar-refractivity contribution in [3.63, 3.8) is 0 Å². The number of rotatable bonds is 14. The topological polar surface area (TPSA) is 24.7 Å². The first-order chi connectivity index (χ1) is 19.2. The number of hydrogen-bond donors (Lipinski definition) is 0. The molecule has 1 aliphatic carbocycles. The fourth-order valence-electron chi connectivity index (χ4n) is 6.01. The molecule has 0 aliphatic heterocycles. The lowest BCUT2D eigenvalue weighted by Gasteiger charge is -2.33. The molecule has 2 heterocycles. The molecule has 2 aromatic heterocycles. The van der Waals surface area contributed by atoms with Gasteiger partial charge in [0.15, 0.2) is 0 Å². The predicted molar refractivity (Wildman–Crippen MR) is 173 cm³/mol. The fraction of sp³-hybridized carbons (Fsp3) is 0.371. The van der Waals surface area contributed by atoms with E-state index in [4.69, 9.17) is 9.98 Å². The van der Waals surface area contributed by atoms with E-state index in [-0.39, 0.29) is 5.41 Å². The second-order valence-electron chi connectivity index (χ2n) is 10.7. The van der Waals surface area contributed by atoms with Crippen LogP contribution < -0.4 is 0 Å². The first-order valence-electron chi connectivity index (χ1n) is 14.7. The van der Waals surface area contributed by atoms with Crippen LogP contribution in [0.3, 0.4) is 0 Å². The van der Waals surface area contributed by atoms with E-state index in [2.05, 4.69) is 85.3 Å². The van der Waals surface area contributed by atoms with Crippen LogP contribution in [0.4, 0.5) is 11.4 Å². The molecule has 0 amide bonds. The Morgan fingerprint density at radius 3 is 1.51 bits per heavy atom. The molecule has 0 bridgehead atoms. The van der Waals surface area contributed by atoms with Crippen LogP contribution in [0, 0.1) is 0 Å². The second kappa shape index (κ2) is 13.5. The van der Waals surface area contributed by atoms with Gasteiger partial charge >= 0.3 is 0 Å². The highest BCUT2D eigenvalue weighted by molar-refractivity contribution is 7.12. The summed E-state index contributed by atoms with van der Waals surface area (Å²) in [6.07, 6.45) is 16.6. The summed E-state index contributed by atoms with van der Waals surface area (Å²) >= 11 is 3.46. The van der Waals surface area contributed by atoms with Crippen LogP contribution in [0.25, 0.3) is 11.1 Å². The quantitative estimate of drug-likeness (QED) is 0.110. The van der Waals surface area contributed by atoms with Gasteiger partial charge in [-0.3, -0.25) is 9.98 Å². The average molecular weight is 553 g/mol.